The lowest BCUT2D eigenvalue weighted by Crippen LogP contribution is -2.07. The fourth-order valence-electron chi connectivity index (χ4n) is 2.09. The van der Waals surface area contributed by atoms with Crippen LogP contribution in [0.25, 0.3) is 0 Å². The number of rotatable bonds is 3. The van der Waals surface area contributed by atoms with E-state index < -0.39 is 0 Å². The number of halogens is 1. The maximum Gasteiger partial charge on any atom is 0.124 e. The van der Waals surface area contributed by atoms with Gasteiger partial charge in [0.1, 0.15) is 11.6 Å². The van der Waals surface area contributed by atoms with Gasteiger partial charge < -0.3 is 10.3 Å². The SMILES string of the molecule is CC(C)c1nccn1Cc1ccc(F)cc1C#CCN. The molecule has 2 rings (SSSR count). The minimum atomic E-state index is -0.287. The van der Waals surface area contributed by atoms with Crippen molar-refractivity contribution in [3.63, 3.8) is 0 Å². The van der Waals surface area contributed by atoms with Crippen molar-refractivity contribution in [2.45, 2.75) is 26.3 Å². The molecule has 0 aliphatic heterocycles. The molecule has 104 valence electrons. The summed E-state index contributed by atoms with van der Waals surface area (Å²) in [4.78, 5) is 4.35. The van der Waals surface area contributed by atoms with E-state index in [1.54, 1.807) is 12.3 Å². The number of hydrogen-bond donors (Lipinski definition) is 1. The van der Waals surface area contributed by atoms with Crippen molar-refractivity contribution >= 4 is 0 Å². The summed E-state index contributed by atoms with van der Waals surface area (Å²) in [7, 11) is 0. The zero-order valence-electron chi connectivity index (χ0n) is 11.7. The Balaban J connectivity index is 2.35. The van der Waals surface area contributed by atoms with Gasteiger partial charge in [-0.15, -0.1) is 0 Å². The molecule has 0 unspecified atom stereocenters. The number of aromatic nitrogens is 2. The van der Waals surface area contributed by atoms with Gasteiger partial charge in [0.05, 0.1) is 6.54 Å². The highest BCUT2D eigenvalue weighted by atomic mass is 19.1. The van der Waals surface area contributed by atoms with Crippen molar-refractivity contribution in [3.8, 4) is 11.8 Å². The van der Waals surface area contributed by atoms with Gasteiger partial charge in [-0.3, -0.25) is 0 Å². The van der Waals surface area contributed by atoms with Gasteiger partial charge in [0.15, 0.2) is 0 Å². The van der Waals surface area contributed by atoms with Gasteiger partial charge in [0.2, 0.25) is 0 Å². The molecule has 0 spiro atoms. The van der Waals surface area contributed by atoms with Crippen molar-refractivity contribution < 1.29 is 4.39 Å². The third kappa shape index (κ3) is 3.25. The quantitative estimate of drug-likeness (QED) is 0.872. The summed E-state index contributed by atoms with van der Waals surface area (Å²) in [6.07, 6.45) is 3.71. The smallest absolute Gasteiger partial charge is 0.124 e. The van der Waals surface area contributed by atoms with Gasteiger partial charge >= 0.3 is 0 Å². The molecule has 2 N–H and O–H groups in total. The second-order valence-corrected chi connectivity index (χ2v) is 4.88. The van der Waals surface area contributed by atoms with Crippen LogP contribution in [-0.2, 0) is 6.54 Å². The summed E-state index contributed by atoms with van der Waals surface area (Å²) in [5.74, 6) is 6.76. The summed E-state index contributed by atoms with van der Waals surface area (Å²) in [6, 6.07) is 4.67. The molecule has 0 bridgehead atoms. The van der Waals surface area contributed by atoms with E-state index in [1.807, 2.05) is 6.20 Å². The lowest BCUT2D eigenvalue weighted by molar-refractivity contribution is 0.624. The first-order valence-electron chi connectivity index (χ1n) is 6.60. The van der Waals surface area contributed by atoms with Crippen LogP contribution in [0.5, 0.6) is 0 Å². The number of imidazole rings is 1. The van der Waals surface area contributed by atoms with Crippen LogP contribution >= 0.6 is 0 Å². The largest absolute Gasteiger partial charge is 0.330 e. The van der Waals surface area contributed by atoms with Crippen molar-refractivity contribution in [2.75, 3.05) is 6.54 Å². The van der Waals surface area contributed by atoms with Gasteiger partial charge in [-0.1, -0.05) is 31.8 Å². The molecule has 0 saturated carbocycles. The van der Waals surface area contributed by atoms with E-state index in [0.29, 0.717) is 18.0 Å². The summed E-state index contributed by atoms with van der Waals surface area (Å²) in [5.41, 5.74) is 7.03. The molecular formula is C16H18FN3. The molecule has 1 aromatic carbocycles. The maximum atomic E-state index is 13.3. The summed E-state index contributed by atoms with van der Waals surface area (Å²) in [5, 5.41) is 0. The van der Waals surface area contributed by atoms with Gasteiger partial charge in [0, 0.05) is 30.4 Å². The first-order chi connectivity index (χ1) is 9.61. The Kier molecular flexibility index (Phi) is 4.54. The Morgan fingerprint density at radius 1 is 1.40 bits per heavy atom. The van der Waals surface area contributed by atoms with E-state index in [9.17, 15) is 4.39 Å². The number of hydrogen-bond acceptors (Lipinski definition) is 2. The maximum absolute atomic E-state index is 13.3. The second kappa shape index (κ2) is 6.36. The minimum Gasteiger partial charge on any atom is -0.330 e. The van der Waals surface area contributed by atoms with Crippen LogP contribution in [0.15, 0.2) is 30.6 Å². The van der Waals surface area contributed by atoms with E-state index in [-0.39, 0.29) is 12.4 Å². The van der Waals surface area contributed by atoms with Crippen molar-refractivity contribution in [3.05, 3.63) is 53.4 Å². The summed E-state index contributed by atoms with van der Waals surface area (Å²) < 4.78 is 15.4. The molecule has 0 aliphatic rings. The van der Waals surface area contributed by atoms with E-state index in [0.717, 1.165) is 11.4 Å². The Labute approximate surface area is 118 Å². The van der Waals surface area contributed by atoms with Gasteiger partial charge in [0.25, 0.3) is 0 Å². The Morgan fingerprint density at radius 2 is 2.20 bits per heavy atom. The van der Waals surface area contributed by atoms with E-state index >= 15 is 0 Å². The Hall–Kier alpha value is -2.12. The fraction of sp³-hybridized carbons (Fsp3) is 0.312. The van der Waals surface area contributed by atoms with Gasteiger partial charge in [-0.25, -0.2) is 9.37 Å². The molecule has 0 amide bonds. The topological polar surface area (TPSA) is 43.8 Å². The first-order valence-corrected chi connectivity index (χ1v) is 6.60. The van der Waals surface area contributed by atoms with E-state index in [4.69, 9.17) is 5.73 Å². The molecular weight excluding hydrogens is 253 g/mol. The average molecular weight is 271 g/mol. The van der Waals surface area contributed by atoms with Crippen LogP contribution in [0.4, 0.5) is 4.39 Å². The van der Waals surface area contributed by atoms with Crippen LogP contribution in [0.2, 0.25) is 0 Å². The molecule has 1 aromatic heterocycles. The van der Waals surface area contributed by atoms with Gasteiger partial charge in [-0.2, -0.15) is 0 Å². The normalized spacial score (nSPS) is 10.4. The highest BCUT2D eigenvalue weighted by molar-refractivity contribution is 5.42. The zero-order chi connectivity index (χ0) is 14.5. The van der Waals surface area contributed by atoms with Crippen molar-refractivity contribution in [2.24, 2.45) is 5.73 Å². The van der Waals surface area contributed by atoms with E-state index in [2.05, 4.69) is 35.2 Å². The van der Waals surface area contributed by atoms with Crippen molar-refractivity contribution in [1.29, 1.82) is 0 Å². The average Bonchev–Trinajstić information content (AvgIpc) is 2.87. The molecule has 0 radical (unpaired) electrons. The minimum absolute atomic E-state index is 0.262. The highest BCUT2D eigenvalue weighted by Gasteiger charge is 2.09. The van der Waals surface area contributed by atoms with Crippen LogP contribution in [0, 0.1) is 17.7 Å². The van der Waals surface area contributed by atoms with Crippen molar-refractivity contribution in [1.82, 2.24) is 9.55 Å². The molecule has 3 nitrogen and oxygen atoms in total. The molecule has 0 saturated heterocycles. The molecule has 4 heteroatoms. The van der Waals surface area contributed by atoms with Crippen LogP contribution < -0.4 is 5.73 Å². The van der Waals surface area contributed by atoms with E-state index in [1.165, 1.54) is 12.1 Å². The van der Waals surface area contributed by atoms with Crippen LogP contribution in [0.1, 0.15) is 36.7 Å². The molecule has 20 heavy (non-hydrogen) atoms. The standard InChI is InChI=1S/C16H18FN3/c1-12(2)16-19-8-9-20(16)11-14-5-6-15(17)10-13(14)4-3-7-18/h5-6,8-10,12H,7,11,18H2,1-2H3. The second-order valence-electron chi connectivity index (χ2n) is 4.88. The first kappa shape index (κ1) is 14.3. The van der Waals surface area contributed by atoms with Crippen LogP contribution in [0.3, 0.4) is 0 Å². The number of nitrogens with two attached hydrogens (primary N) is 1. The zero-order valence-corrected chi connectivity index (χ0v) is 11.7. The highest BCUT2D eigenvalue weighted by Crippen LogP contribution is 2.16. The third-order valence-electron chi connectivity index (χ3n) is 3.00. The molecule has 0 aliphatic carbocycles. The number of nitrogens with zero attached hydrogens (tertiary/aromatic N) is 2. The predicted molar refractivity (Wildman–Crippen MR) is 77.8 cm³/mol. The molecule has 1 heterocycles. The summed E-state index contributed by atoms with van der Waals surface area (Å²) >= 11 is 0. The van der Waals surface area contributed by atoms with Crippen LogP contribution in [-0.4, -0.2) is 16.1 Å². The Morgan fingerprint density at radius 3 is 2.90 bits per heavy atom. The van der Waals surface area contributed by atoms with Gasteiger partial charge in [-0.05, 0) is 17.7 Å². The Bertz CT molecular complexity index is 647. The fourth-order valence-corrected chi connectivity index (χ4v) is 2.09. The molecule has 0 atom stereocenters. The lowest BCUT2D eigenvalue weighted by Gasteiger charge is -2.11. The molecule has 0 fully saturated rings. The summed E-state index contributed by atoms with van der Waals surface area (Å²) in [6.45, 7) is 5.08. The third-order valence-corrected chi connectivity index (χ3v) is 3.00. The lowest BCUT2D eigenvalue weighted by atomic mass is 10.1. The number of benzene rings is 1. The molecule has 2 aromatic rings. The monoisotopic (exact) mass is 271 g/mol. The predicted octanol–water partition coefficient (Wildman–Crippen LogP) is 2.50.